The van der Waals surface area contributed by atoms with Crippen LogP contribution >= 0.6 is 22.9 Å². The molecule has 3 aromatic carbocycles. The van der Waals surface area contributed by atoms with Crippen LogP contribution in [0.2, 0.25) is 5.02 Å². The molecule has 1 saturated heterocycles. The summed E-state index contributed by atoms with van der Waals surface area (Å²) in [6.45, 7) is 6.20. The van der Waals surface area contributed by atoms with E-state index in [9.17, 15) is 9.59 Å². The van der Waals surface area contributed by atoms with Gasteiger partial charge in [0.2, 0.25) is 0 Å². The molecular weight excluding hydrogens is 554 g/mol. The zero-order valence-corrected chi connectivity index (χ0v) is 24.5. The molecule has 3 heterocycles. The number of hydrogen-bond acceptors (Lipinski definition) is 6. The maximum atomic E-state index is 14.1. The molecule has 0 bridgehead atoms. The van der Waals surface area contributed by atoms with Crippen LogP contribution in [0.3, 0.4) is 0 Å². The highest BCUT2D eigenvalue weighted by atomic mass is 35.5. The first-order chi connectivity index (χ1) is 19.9. The molecule has 4 aromatic rings. The van der Waals surface area contributed by atoms with E-state index in [0.717, 1.165) is 35.3 Å². The van der Waals surface area contributed by atoms with Crippen LogP contribution in [0.4, 0.5) is 5.69 Å². The molecule has 41 heavy (non-hydrogen) atoms. The predicted octanol–water partition coefficient (Wildman–Crippen LogP) is 5.50. The van der Waals surface area contributed by atoms with Gasteiger partial charge in [0.05, 0.1) is 28.5 Å². The number of anilines is 1. The Labute approximate surface area is 247 Å². The van der Waals surface area contributed by atoms with Crippen LogP contribution in [0.1, 0.15) is 48.1 Å². The van der Waals surface area contributed by atoms with Gasteiger partial charge in [-0.15, -0.1) is 0 Å². The highest BCUT2D eigenvalue weighted by Gasteiger charge is 2.35. The Morgan fingerprint density at radius 2 is 1.80 bits per heavy atom. The van der Waals surface area contributed by atoms with E-state index in [1.54, 1.807) is 23.6 Å². The second-order valence-corrected chi connectivity index (χ2v) is 11.7. The molecule has 2 aliphatic rings. The van der Waals surface area contributed by atoms with E-state index >= 15 is 0 Å². The molecule has 0 amide bonds. The Bertz CT molecular complexity index is 1820. The van der Waals surface area contributed by atoms with Crippen LogP contribution in [0.15, 0.2) is 88.2 Å². The number of benzene rings is 3. The normalized spacial score (nSPS) is 17.0. The van der Waals surface area contributed by atoms with Crippen LogP contribution in [0, 0.1) is 6.92 Å². The minimum Gasteiger partial charge on any atom is -0.463 e. The first-order valence-corrected chi connectivity index (χ1v) is 15.0. The van der Waals surface area contributed by atoms with Gasteiger partial charge in [0.25, 0.3) is 5.56 Å². The van der Waals surface area contributed by atoms with Crippen molar-refractivity contribution < 1.29 is 9.53 Å². The van der Waals surface area contributed by atoms with Gasteiger partial charge in [-0.2, -0.15) is 0 Å². The fourth-order valence-electron chi connectivity index (χ4n) is 5.54. The Morgan fingerprint density at radius 3 is 2.49 bits per heavy atom. The van der Waals surface area contributed by atoms with Crippen LogP contribution in [-0.4, -0.2) is 30.2 Å². The summed E-state index contributed by atoms with van der Waals surface area (Å²) in [5.41, 5.74) is 5.45. The first-order valence-electron chi connectivity index (χ1n) is 13.8. The Hall–Kier alpha value is -3.94. The van der Waals surface area contributed by atoms with Gasteiger partial charge in [-0.1, -0.05) is 71.5 Å². The Kier molecular flexibility index (Phi) is 7.65. The number of rotatable bonds is 6. The van der Waals surface area contributed by atoms with E-state index in [1.807, 2.05) is 48.5 Å². The maximum absolute atomic E-state index is 14.1. The molecule has 6 rings (SSSR count). The van der Waals surface area contributed by atoms with E-state index < -0.39 is 12.0 Å². The highest BCUT2D eigenvalue weighted by molar-refractivity contribution is 7.07. The summed E-state index contributed by atoms with van der Waals surface area (Å²) in [4.78, 5) is 35.5. The molecule has 0 unspecified atom stereocenters. The number of nitrogens with zero attached hydrogens (tertiary/aromatic N) is 3. The van der Waals surface area contributed by atoms with Gasteiger partial charge in [-0.25, -0.2) is 9.79 Å². The average molecular weight is 584 g/mol. The van der Waals surface area contributed by atoms with E-state index in [0.29, 0.717) is 25.6 Å². The zero-order valence-electron chi connectivity index (χ0n) is 23.0. The molecule has 8 heteroatoms. The number of hydrogen-bond donors (Lipinski definition) is 0. The van der Waals surface area contributed by atoms with E-state index in [2.05, 4.69) is 30.0 Å². The van der Waals surface area contributed by atoms with Gasteiger partial charge in [-0.3, -0.25) is 9.36 Å². The number of esters is 1. The van der Waals surface area contributed by atoms with Gasteiger partial charge in [0.1, 0.15) is 0 Å². The largest absolute Gasteiger partial charge is 0.463 e. The minimum atomic E-state index is -0.724. The number of halogens is 1. The van der Waals surface area contributed by atoms with Crippen molar-refractivity contribution in [1.82, 2.24) is 4.57 Å². The molecule has 0 aliphatic carbocycles. The number of carbonyl (C=O) groups excluding carboxylic acids is 1. The van der Waals surface area contributed by atoms with Crippen molar-refractivity contribution in [3.8, 4) is 0 Å². The molecule has 0 spiro atoms. The third-order valence-corrected chi connectivity index (χ3v) is 8.81. The lowest BCUT2D eigenvalue weighted by Crippen LogP contribution is -2.40. The van der Waals surface area contributed by atoms with Crippen molar-refractivity contribution in [3.05, 3.63) is 125 Å². The fourth-order valence-corrected chi connectivity index (χ4v) is 6.65. The summed E-state index contributed by atoms with van der Waals surface area (Å²) in [6.07, 6.45) is 4.37. The molecule has 208 valence electrons. The Morgan fingerprint density at radius 1 is 1.07 bits per heavy atom. The number of fused-ring (bicyclic) bond motifs is 1. The highest BCUT2D eigenvalue weighted by Crippen LogP contribution is 2.35. The van der Waals surface area contributed by atoms with Gasteiger partial charge >= 0.3 is 5.97 Å². The Balaban J connectivity index is 1.56. The lowest BCUT2D eigenvalue weighted by molar-refractivity contribution is -0.138. The lowest BCUT2D eigenvalue weighted by atomic mass is 9.93. The monoisotopic (exact) mass is 583 g/mol. The summed E-state index contributed by atoms with van der Waals surface area (Å²) in [6, 6.07) is 22.5. The number of aromatic nitrogens is 1. The number of aryl methyl sites for hydroxylation is 1. The van der Waals surface area contributed by atoms with E-state index in [4.69, 9.17) is 21.3 Å². The second-order valence-electron chi connectivity index (χ2n) is 10.2. The molecule has 0 N–H and O–H groups in total. The van der Waals surface area contributed by atoms with Crippen molar-refractivity contribution in [1.29, 1.82) is 0 Å². The molecule has 2 aliphatic heterocycles. The number of thiazole rings is 1. The summed E-state index contributed by atoms with van der Waals surface area (Å²) >= 11 is 7.55. The summed E-state index contributed by atoms with van der Waals surface area (Å²) in [5.74, 6) is -0.502. The molecule has 1 fully saturated rings. The molecule has 1 atom stereocenters. The third-order valence-electron chi connectivity index (χ3n) is 7.57. The quantitative estimate of drug-likeness (QED) is 0.281. The zero-order chi connectivity index (χ0) is 28.5. The lowest BCUT2D eigenvalue weighted by Gasteiger charge is -2.26. The van der Waals surface area contributed by atoms with Crippen LogP contribution in [0.25, 0.3) is 11.8 Å². The van der Waals surface area contributed by atoms with Crippen LogP contribution < -0.4 is 19.8 Å². The van der Waals surface area contributed by atoms with Gasteiger partial charge in [0, 0.05) is 29.4 Å². The van der Waals surface area contributed by atoms with Crippen molar-refractivity contribution in [2.24, 2.45) is 4.99 Å². The summed E-state index contributed by atoms with van der Waals surface area (Å²) < 4.78 is 7.70. The van der Waals surface area contributed by atoms with Crippen molar-refractivity contribution >= 4 is 46.4 Å². The average Bonchev–Trinajstić information content (AvgIpc) is 3.63. The SMILES string of the molecule is CCOC(=O)C1=C(c2ccccc2)N=c2s/c(=C/c3ccc(N4CCCC4)cc3C)c(=O)n2[C@H]1c1ccc(Cl)cc1. The molecule has 6 nitrogen and oxygen atoms in total. The van der Waals surface area contributed by atoms with Crippen molar-refractivity contribution in [3.63, 3.8) is 0 Å². The van der Waals surface area contributed by atoms with E-state index in [-0.39, 0.29) is 12.2 Å². The topological polar surface area (TPSA) is 63.9 Å². The fraction of sp³-hybridized carbons (Fsp3) is 0.242. The van der Waals surface area contributed by atoms with Crippen LogP contribution in [-0.2, 0) is 9.53 Å². The summed E-state index contributed by atoms with van der Waals surface area (Å²) in [7, 11) is 0. The second kappa shape index (κ2) is 11.5. The third kappa shape index (κ3) is 5.27. The first kappa shape index (κ1) is 27.2. The molecule has 0 radical (unpaired) electrons. The smallest absolute Gasteiger partial charge is 0.338 e. The van der Waals surface area contributed by atoms with Gasteiger partial charge in [0.15, 0.2) is 4.80 Å². The van der Waals surface area contributed by atoms with Crippen LogP contribution in [0.5, 0.6) is 0 Å². The van der Waals surface area contributed by atoms with Gasteiger partial charge < -0.3 is 9.64 Å². The van der Waals surface area contributed by atoms with Crippen molar-refractivity contribution in [2.75, 3.05) is 24.6 Å². The van der Waals surface area contributed by atoms with E-state index in [1.165, 1.54) is 29.9 Å². The number of ether oxygens (including phenoxy) is 1. The molecule has 1 aromatic heterocycles. The molecular formula is C33H30ClN3O3S. The van der Waals surface area contributed by atoms with Gasteiger partial charge in [-0.05, 0) is 73.7 Å². The minimum absolute atomic E-state index is 0.203. The molecule has 0 saturated carbocycles. The standard InChI is InChI=1S/C33H30ClN3O3S/c1-3-40-32(39)28-29(22-9-5-4-6-10-22)35-33-37(30(28)23-11-14-25(34)15-12-23)31(38)27(41-33)20-24-13-16-26(19-21(24)2)36-17-7-8-18-36/h4-6,9-16,19-20,30H,3,7-8,17-18H2,1-2H3/b27-20+/t30-/m0/s1. The maximum Gasteiger partial charge on any atom is 0.338 e. The predicted molar refractivity (Wildman–Crippen MR) is 165 cm³/mol. The number of carbonyl (C=O) groups is 1. The van der Waals surface area contributed by atoms with Crippen molar-refractivity contribution in [2.45, 2.75) is 32.7 Å². The summed E-state index contributed by atoms with van der Waals surface area (Å²) in [5, 5.41) is 0.568.